The highest BCUT2D eigenvalue weighted by atomic mass is 79.9. The number of nitrogens with two attached hydrogens (primary N) is 1. The molecular weight excluding hydrogens is 299 g/mol. The van der Waals surface area contributed by atoms with Crippen LogP contribution in [0.15, 0.2) is 35.1 Å². The lowest BCUT2D eigenvalue weighted by molar-refractivity contribution is 0.505. The zero-order chi connectivity index (χ0) is 13.1. The van der Waals surface area contributed by atoms with E-state index < -0.39 is 0 Å². The quantitative estimate of drug-likeness (QED) is 0.671. The van der Waals surface area contributed by atoms with Gasteiger partial charge in [0.25, 0.3) is 0 Å². The predicted octanol–water partition coefficient (Wildman–Crippen LogP) is 2.07. The molecule has 18 heavy (non-hydrogen) atoms. The number of hydrogen-bond acceptors (Lipinski definition) is 3. The van der Waals surface area contributed by atoms with Gasteiger partial charge in [-0.3, -0.25) is 5.84 Å². The summed E-state index contributed by atoms with van der Waals surface area (Å²) >= 11 is 3.41. The minimum atomic E-state index is -0.260. The van der Waals surface area contributed by atoms with Crippen molar-refractivity contribution in [1.29, 1.82) is 0 Å². The third-order valence-electron chi connectivity index (χ3n) is 2.80. The number of hydrogen-bond donors (Lipinski definition) is 2. The largest absolute Gasteiger partial charge is 0.337 e. The minimum Gasteiger partial charge on any atom is -0.337 e. The van der Waals surface area contributed by atoms with Crippen LogP contribution >= 0.6 is 15.9 Å². The summed E-state index contributed by atoms with van der Waals surface area (Å²) in [6.07, 6.45) is 4.11. The fraction of sp³-hybridized carbons (Fsp3) is 0.250. The number of nitrogens with zero attached hydrogens (tertiary/aromatic N) is 2. The Morgan fingerprint density at radius 2 is 2.33 bits per heavy atom. The lowest BCUT2D eigenvalue weighted by Crippen LogP contribution is -2.31. The average Bonchev–Trinajstić information content (AvgIpc) is 2.77. The Bertz CT molecular complexity index is 541. The molecule has 0 fully saturated rings. The summed E-state index contributed by atoms with van der Waals surface area (Å²) in [7, 11) is 1.90. The molecule has 6 heteroatoms. The molecule has 96 valence electrons. The van der Waals surface area contributed by atoms with Gasteiger partial charge in [-0.05, 0) is 30.2 Å². The van der Waals surface area contributed by atoms with E-state index in [0.717, 1.165) is 15.9 Å². The summed E-state index contributed by atoms with van der Waals surface area (Å²) in [5.74, 6) is 6.11. The van der Waals surface area contributed by atoms with Crippen molar-refractivity contribution in [3.8, 4) is 0 Å². The van der Waals surface area contributed by atoms with Crippen molar-refractivity contribution in [2.24, 2.45) is 12.9 Å². The van der Waals surface area contributed by atoms with Gasteiger partial charge >= 0.3 is 0 Å². The van der Waals surface area contributed by atoms with E-state index in [1.54, 1.807) is 12.3 Å². The fourth-order valence-corrected chi connectivity index (χ4v) is 2.27. The van der Waals surface area contributed by atoms with Crippen LogP contribution in [0.5, 0.6) is 0 Å². The molecule has 0 bridgehead atoms. The second-order valence-corrected chi connectivity index (χ2v) is 4.91. The van der Waals surface area contributed by atoms with E-state index >= 15 is 0 Å². The van der Waals surface area contributed by atoms with Gasteiger partial charge < -0.3 is 4.57 Å². The Balaban J connectivity index is 2.26. The van der Waals surface area contributed by atoms with E-state index in [1.165, 1.54) is 12.1 Å². The monoisotopic (exact) mass is 312 g/mol. The van der Waals surface area contributed by atoms with E-state index in [-0.39, 0.29) is 11.9 Å². The summed E-state index contributed by atoms with van der Waals surface area (Å²) in [6.45, 7) is 0. The summed E-state index contributed by atoms with van der Waals surface area (Å²) in [6, 6.07) is 4.44. The molecule has 4 nitrogen and oxygen atoms in total. The van der Waals surface area contributed by atoms with Crippen LogP contribution in [0.25, 0.3) is 0 Å². The first-order valence-electron chi connectivity index (χ1n) is 5.49. The third kappa shape index (κ3) is 2.77. The number of rotatable bonds is 4. The second kappa shape index (κ2) is 5.60. The topological polar surface area (TPSA) is 55.9 Å². The zero-order valence-corrected chi connectivity index (χ0v) is 11.5. The van der Waals surface area contributed by atoms with Gasteiger partial charge in [0.05, 0.1) is 6.04 Å². The van der Waals surface area contributed by atoms with Crippen LogP contribution in [-0.2, 0) is 13.5 Å². The van der Waals surface area contributed by atoms with Crippen LogP contribution in [0, 0.1) is 5.82 Å². The van der Waals surface area contributed by atoms with E-state index in [1.807, 2.05) is 17.8 Å². The van der Waals surface area contributed by atoms with Crippen molar-refractivity contribution in [2.45, 2.75) is 12.5 Å². The molecule has 1 aromatic carbocycles. The summed E-state index contributed by atoms with van der Waals surface area (Å²) in [5, 5.41) is 0. The predicted molar refractivity (Wildman–Crippen MR) is 71.1 cm³/mol. The molecular formula is C12H14BrFN4. The van der Waals surface area contributed by atoms with Gasteiger partial charge in [-0.1, -0.05) is 15.9 Å². The van der Waals surface area contributed by atoms with Crippen molar-refractivity contribution >= 4 is 15.9 Å². The highest BCUT2D eigenvalue weighted by Crippen LogP contribution is 2.23. The minimum absolute atomic E-state index is 0.164. The molecule has 0 saturated carbocycles. The molecule has 1 atom stereocenters. The Kier molecular flexibility index (Phi) is 4.11. The van der Waals surface area contributed by atoms with Crippen molar-refractivity contribution in [3.05, 3.63) is 52.3 Å². The van der Waals surface area contributed by atoms with E-state index in [9.17, 15) is 4.39 Å². The summed E-state index contributed by atoms with van der Waals surface area (Å²) in [5.41, 5.74) is 3.56. The number of aromatic nitrogens is 2. The zero-order valence-electron chi connectivity index (χ0n) is 9.90. The summed E-state index contributed by atoms with van der Waals surface area (Å²) < 4.78 is 16.0. The van der Waals surface area contributed by atoms with Gasteiger partial charge in [0.1, 0.15) is 11.6 Å². The van der Waals surface area contributed by atoms with E-state index in [2.05, 4.69) is 26.3 Å². The van der Waals surface area contributed by atoms with Crippen molar-refractivity contribution < 1.29 is 4.39 Å². The Morgan fingerprint density at radius 1 is 1.56 bits per heavy atom. The molecule has 0 amide bonds. The van der Waals surface area contributed by atoms with Gasteiger partial charge in [-0.2, -0.15) is 0 Å². The molecule has 1 aromatic heterocycles. The standard InChI is InChI=1S/C12H14BrFN4/c1-18-5-4-16-12(18)11(17-15)7-8-6-9(14)2-3-10(8)13/h2-6,11,17H,7,15H2,1H3. The molecule has 0 saturated heterocycles. The molecule has 0 radical (unpaired) electrons. The van der Waals surface area contributed by atoms with Crippen LogP contribution in [0.4, 0.5) is 4.39 Å². The maximum Gasteiger partial charge on any atom is 0.127 e. The fourth-order valence-electron chi connectivity index (χ4n) is 1.86. The normalized spacial score (nSPS) is 12.7. The van der Waals surface area contributed by atoms with Gasteiger partial charge in [0, 0.05) is 23.9 Å². The van der Waals surface area contributed by atoms with E-state index in [4.69, 9.17) is 5.84 Å². The molecule has 2 aromatic rings. The molecule has 0 aliphatic carbocycles. The number of benzene rings is 1. The van der Waals surface area contributed by atoms with Gasteiger partial charge in [0.2, 0.25) is 0 Å². The van der Waals surface area contributed by atoms with Gasteiger partial charge in [-0.25, -0.2) is 14.8 Å². The second-order valence-electron chi connectivity index (χ2n) is 4.06. The number of hydrazine groups is 1. The number of nitrogens with one attached hydrogen (secondary N) is 1. The van der Waals surface area contributed by atoms with Crippen LogP contribution in [0.1, 0.15) is 17.4 Å². The molecule has 0 spiro atoms. The molecule has 0 aliphatic heterocycles. The Morgan fingerprint density at radius 3 is 2.94 bits per heavy atom. The van der Waals surface area contributed by atoms with Crippen LogP contribution < -0.4 is 11.3 Å². The number of imidazole rings is 1. The van der Waals surface area contributed by atoms with E-state index in [0.29, 0.717) is 6.42 Å². The van der Waals surface area contributed by atoms with Gasteiger partial charge in [-0.15, -0.1) is 0 Å². The number of halogens is 2. The average molecular weight is 313 g/mol. The smallest absolute Gasteiger partial charge is 0.127 e. The van der Waals surface area contributed by atoms with Crippen LogP contribution in [-0.4, -0.2) is 9.55 Å². The van der Waals surface area contributed by atoms with Crippen molar-refractivity contribution in [3.63, 3.8) is 0 Å². The van der Waals surface area contributed by atoms with Gasteiger partial charge in [0.15, 0.2) is 0 Å². The lowest BCUT2D eigenvalue weighted by Gasteiger charge is -2.16. The van der Waals surface area contributed by atoms with Crippen molar-refractivity contribution in [2.75, 3.05) is 0 Å². The summed E-state index contributed by atoms with van der Waals surface area (Å²) in [4.78, 5) is 4.25. The van der Waals surface area contributed by atoms with Crippen LogP contribution in [0.3, 0.4) is 0 Å². The SMILES string of the molecule is Cn1ccnc1C(Cc1cc(F)ccc1Br)NN. The first kappa shape index (κ1) is 13.2. The highest BCUT2D eigenvalue weighted by Gasteiger charge is 2.16. The maximum absolute atomic E-state index is 13.2. The molecule has 1 heterocycles. The Hall–Kier alpha value is -1.24. The highest BCUT2D eigenvalue weighted by molar-refractivity contribution is 9.10. The lowest BCUT2D eigenvalue weighted by atomic mass is 10.1. The maximum atomic E-state index is 13.2. The van der Waals surface area contributed by atoms with Crippen LogP contribution in [0.2, 0.25) is 0 Å². The molecule has 1 unspecified atom stereocenters. The molecule has 0 aliphatic rings. The molecule has 2 rings (SSSR count). The third-order valence-corrected chi connectivity index (χ3v) is 3.58. The Labute approximate surface area is 113 Å². The number of aryl methyl sites for hydroxylation is 1. The molecule has 3 N–H and O–H groups in total. The first-order valence-corrected chi connectivity index (χ1v) is 6.28. The first-order chi connectivity index (χ1) is 8.61. The van der Waals surface area contributed by atoms with Crippen molar-refractivity contribution in [1.82, 2.24) is 15.0 Å².